The molecular weight excluding hydrogens is 342 g/mol. The second-order valence-corrected chi connectivity index (χ2v) is 7.05. The van der Waals surface area contributed by atoms with Gasteiger partial charge in [0.15, 0.2) is 0 Å². The van der Waals surface area contributed by atoms with Gasteiger partial charge >= 0.3 is 0 Å². The maximum Gasteiger partial charge on any atom is 0.259 e. The van der Waals surface area contributed by atoms with Gasteiger partial charge in [-0.05, 0) is 25.3 Å². The van der Waals surface area contributed by atoms with Crippen LogP contribution in [0.5, 0.6) is 0 Å². The van der Waals surface area contributed by atoms with Crippen molar-refractivity contribution in [2.45, 2.75) is 39.5 Å². The molecule has 3 rings (SSSR count). The first-order valence-corrected chi connectivity index (χ1v) is 8.93. The van der Waals surface area contributed by atoms with Crippen LogP contribution in [0.1, 0.15) is 47.9 Å². The highest BCUT2D eigenvalue weighted by molar-refractivity contribution is 6.06. The van der Waals surface area contributed by atoms with Gasteiger partial charge in [-0.15, -0.1) is 0 Å². The SMILES string of the molecule is Cc1cc(C(=O)N2CCCN(CC(F)F)CC2)c2c(C(C)C)noc2n1. The molecule has 26 heavy (non-hydrogen) atoms. The highest BCUT2D eigenvalue weighted by Crippen LogP contribution is 2.28. The van der Waals surface area contributed by atoms with Gasteiger partial charge in [-0.1, -0.05) is 19.0 Å². The average molecular weight is 366 g/mol. The van der Waals surface area contributed by atoms with Gasteiger partial charge in [0, 0.05) is 31.9 Å². The fraction of sp³-hybridized carbons (Fsp3) is 0.611. The molecule has 0 atom stereocenters. The predicted molar refractivity (Wildman–Crippen MR) is 93.6 cm³/mol. The molecule has 0 unspecified atom stereocenters. The second kappa shape index (κ2) is 7.65. The average Bonchev–Trinajstić information content (AvgIpc) is 2.86. The molecule has 2 aromatic rings. The molecule has 0 spiro atoms. The maximum absolute atomic E-state index is 13.2. The normalized spacial score (nSPS) is 16.7. The topological polar surface area (TPSA) is 62.5 Å². The van der Waals surface area contributed by atoms with E-state index in [2.05, 4.69) is 10.1 Å². The van der Waals surface area contributed by atoms with Crippen LogP contribution in [0.15, 0.2) is 10.6 Å². The Morgan fingerprint density at radius 3 is 2.73 bits per heavy atom. The first-order valence-electron chi connectivity index (χ1n) is 8.93. The van der Waals surface area contributed by atoms with Gasteiger partial charge in [-0.25, -0.2) is 13.8 Å². The van der Waals surface area contributed by atoms with Crippen LogP contribution in [0.2, 0.25) is 0 Å². The monoisotopic (exact) mass is 366 g/mol. The van der Waals surface area contributed by atoms with Crippen molar-refractivity contribution in [3.05, 3.63) is 23.0 Å². The number of amides is 1. The number of pyridine rings is 1. The van der Waals surface area contributed by atoms with E-state index in [1.807, 2.05) is 13.8 Å². The van der Waals surface area contributed by atoms with Crippen molar-refractivity contribution < 1.29 is 18.1 Å². The summed E-state index contributed by atoms with van der Waals surface area (Å²) in [5, 5.41) is 4.74. The van der Waals surface area contributed by atoms with Crippen molar-refractivity contribution in [2.75, 3.05) is 32.7 Å². The quantitative estimate of drug-likeness (QED) is 0.832. The van der Waals surface area contributed by atoms with Gasteiger partial charge in [-0.2, -0.15) is 0 Å². The van der Waals surface area contributed by atoms with Gasteiger partial charge in [0.05, 0.1) is 23.2 Å². The summed E-state index contributed by atoms with van der Waals surface area (Å²) in [6, 6.07) is 1.76. The summed E-state index contributed by atoms with van der Waals surface area (Å²) >= 11 is 0. The number of fused-ring (bicyclic) bond motifs is 1. The third kappa shape index (κ3) is 3.85. The Balaban J connectivity index is 1.89. The van der Waals surface area contributed by atoms with Gasteiger partial charge in [0.2, 0.25) is 0 Å². The molecule has 0 radical (unpaired) electrons. The number of halogens is 2. The number of hydrogen-bond acceptors (Lipinski definition) is 5. The molecule has 1 amide bonds. The van der Waals surface area contributed by atoms with Gasteiger partial charge in [0.1, 0.15) is 0 Å². The molecule has 6 nitrogen and oxygen atoms in total. The molecule has 8 heteroatoms. The number of aromatic nitrogens is 2. The van der Waals surface area contributed by atoms with Crippen molar-refractivity contribution in [1.82, 2.24) is 19.9 Å². The van der Waals surface area contributed by atoms with Crippen LogP contribution >= 0.6 is 0 Å². The number of carbonyl (C=O) groups excluding carboxylic acids is 1. The molecule has 0 aliphatic carbocycles. The zero-order valence-electron chi connectivity index (χ0n) is 15.3. The molecule has 2 aromatic heterocycles. The van der Waals surface area contributed by atoms with E-state index >= 15 is 0 Å². The molecule has 1 saturated heterocycles. The van der Waals surface area contributed by atoms with E-state index in [1.54, 1.807) is 22.8 Å². The Bertz CT molecular complexity index is 791. The van der Waals surface area contributed by atoms with E-state index in [1.165, 1.54) is 0 Å². The Hall–Kier alpha value is -2.09. The lowest BCUT2D eigenvalue weighted by atomic mass is 10.0. The number of rotatable bonds is 4. The second-order valence-electron chi connectivity index (χ2n) is 7.05. The molecule has 0 bridgehead atoms. The Kier molecular flexibility index (Phi) is 5.50. The van der Waals surface area contributed by atoms with Gasteiger partial charge < -0.3 is 9.42 Å². The molecule has 0 N–H and O–H groups in total. The molecular formula is C18H24F2N4O2. The number of aryl methyl sites for hydroxylation is 1. The van der Waals surface area contributed by atoms with Crippen LogP contribution in [-0.4, -0.2) is 65.0 Å². The minimum Gasteiger partial charge on any atom is -0.337 e. The fourth-order valence-corrected chi connectivity index (χ4v) is 3.38. The van der Waals surface area contributed by atoms with Crippen LogP contribution in [0, 0.1) is 6.92 Å². The molecule has 1 aliphatic heterocycles. The molecule has 3 heterocycles. The summed E-state index contributed by atoms with van der Waals surface area (Å²) in [5.41, 5.74) is 2.29. The van der Waals surface area contributed by atoms with Gasteiger partial charge in [0.25, 0.3) is 18.0 Å². The number of alkyl halides is 2. The van der Waals surface area contributed by atoms with Crippen LogP contribution in [-0.2, 0) is 0 Å². The van der Waals surface area contributed by atoms with Crippen LogP contribution < -0.4 is 0 Å². The number of hydrogen-bond donors (Lipinski definition) is 0. The molecule has 142 valence electrons. The highest BCUT2D eigenvalue weighted by Gasteiger charge is 2.26. The summed E-state index contributed by atoms with van der Waals surface area (Å²) in [4.78, 5) is 21.0. The van der Waals surface area contributed by atoms with E-state index in [0.29, 0.717) is 60.7 Å². The lowest BCUT2D eigenvalue weighted by Gasteiger charge is -2.22. The van der Waals surface area contributed by atoms with Crippen molar-refractivity contribution in [3.63, 3.8) is 0 Å². The zero-order valence-corrected chi connectivity index (χ0v) is 15.3. The first-order chi connectivity index (χ1) is 12.4. The van der Waals surface area contributed by atoms with Crippen LogP contribution in [0.3, 0.4) is 0 Å². The van der Waals surface area contributed by atoms with Crippen LogP contribution in [0.4, 0.5) is 8.78 Å². The zero-order chi connectivity index (χ0) is 18.8. The number of nitrogens with zero attached hydrogens (tertiary/aromatic N) is 4. The van der Waals surface area contributed by atoms with E-state index in [0.717, 1.165) is 0 Å². The standard InChI is InChI=1S/C18H24F2N4O2/c1-11(2)16-15-13(9-12(3)21-17(15)26-22-16)18(25)24-6-4-5-23(7-8-24)10-14(19)20/h9,11,14H,4-8,10H2,1-3H3. The van der Waals surface area contributed by atoms with E-state index < -0.39 is 6.43 Å². The van der Waals surface area contributed by atoms with E-state index in [4.69, 9.17) is 4.52 Å². The molecule has 0 aromatic carbocycles. The summed E-state index contributed by atoms with van der Waals surface area (Å²) in [5.74, 6) is -0.0255. The fourth-order valence-electron chi connectivity index (χ4n) is 3.38. The highest BCUT2D eigenvalue weighted by atomic mass is 19.3. The van der Waals surface area contributed by atoms with Crippen molar-refractivity contribution >= 4 is 17.0 Å². The Morgan fingerprint density at radius 2 is 2.04 bits per heavy atom. The van der Waals surface area contributed by atoms with Crippen LogP contribution in [0.25, 0.3) is 11.1 Å². The number of carbonyl (C=O) groups is 1. The van der Waals surface area contributed by atoms with Crippen molar-refractivity contribution in [1.29, 1.82) is 0 Å². The minimum absolute atomic E-state index is 0.0953. The third-order valence-electron chi connectivity index (χ3n) is 4.65. The van der Waals surface area contributed by atoms with E-state index in [9.17, 15) is 13.6 Å². The smallest absolute Gasteiger partial charge is 0.259 e. The molecule has 1 fully saturated rings. The summed E-state index contributed by atoms with van der Waals surface area (Å²) < 4.78 is 30.6. The first kappa shape index (κ1) is 18.7. The summed E-state index contributed by atoms with van der Waals surface area (Å²) in [6.45, 7) is 7.53. The minimum atomic E-state index is -2.36. The third-order valence-corrected chi connectivity index (χ3v) is 4.65. The molecule has 1 aliphatic rings. The Morgan fingerprint density at radius 1 is 1.27 bits per heavy atom. The van der Waals surface area contributed by atoms with Crippen molar-refractivity contribution in [3.8, 4) is 0 Å². The van der Waals surface area contributed by atoms with E-state index in [-0.39, 0.29) is 18.4 Å². The summed E-state index contributed by atoms with van der Waals surface area (Å²) in [6.07, 6.45) is -1.68. The maximum atomic E-state index is 13.2. The summed E-state index contributed by atoms with van der Waals surface area (Å²) in [7, 11) is 0. The Labute approximate surface area is 151 Å². The largest absolute Gasteiger partial charge is 0.337 e. The van der Waals surface area contributed by atoms with Gasteiger partial charge in [-0.3, -0.25) is 9.69 Å². The lowest BCUT2D eigenvalue weighted by Crippen LogP contribution is -2.36. The predicted octanol–water partition coefficient (Wildman–Crippen LogP) is 3.07. The molecule has 0 saturated carbocycles. The lowest BCUT2D eigenvalue weighted by molar-refractivity contribution is 0.0744. The van der Waals surface area contributed by atoms with Crippen molar-refractivity contribution in [2.24, 2.45) is 0 Å².